The van der Waals surface area contributed by atoms with Gasteiger partial charge in [0.05, 0.1) is 68.7 Å². The number of benzene rings is 1. The number of hydrogen-bond donors (Lipinski definition) is 1. The molecule has 15 heteroatoms. The third-order valence-electron chi connectivity index (χ3n) is 11.7. The number of carbonyl (C=O) groups is 3. The van der Waals surface area contributed by atoms with Gasteiger partial charge in [-0.2, -0.15) is 4.41 Å². The van der Waals surface area contributed by atoms with Crippen molar-refractivity contribution in [3.8, 4) is 22.5 Å². The predicted octanol–water partition coefficient (Wildman–Crippen LogP) is 6.31. The number of thiol groups is 1. The molecule has 1 amide bonds. The third kappa shape index (κ3) is 6.96. The quantitative estimate of drug-likeness (QED) is 0.135. The van der Waals surface area contributed by atoms with E-state index in [-0.39, 0.29) is 33.9 Å². The van der Waals surface area contributed by atoms with E-state index in [0.717, 1.165) is 56.2 Å². The Bertz CT molecular complexity index is 2170. The molecule has 3 saturated heterocycles. The van der Waals surface area contributed by atoms with Gasteiger partial charge in [0.1, 0.15) is 12.1 Å². The van der Waals surface area contributed by atoms with Gasteiger partial charge in [-0.05, 0) is 69.9 Å². The summed E-state index contributed by atoms with van der Waals surface area (Å²) >= 11 is 6.28. The number of ether oxygens (including phenoxy) is 4. The molecule has 0 N–H and O–H groups in total. The number of fused-ring (bicyclic) bond motifs is 6. The first-order valence-electron chi connectivity index (χ1n) is 19.5. The molecule has 4 aromatic rings. The van der Waals surface area contributed by atoms with Crippen molar-refractivity contribution in [2.45, 2.75) is 102 Å². The molecule has 4 aliphatic heterocycles. The second kappa shape index (κ2) is 15.4. The van der Waals surface area contributed by atoms with E-state index in [2.05, 4.69) is 49.6 Å². The number of amides is 1. The van der Waals surface area contributed by atoms with Gasteiger partial charge in [-0.1, -0.05) is 32.7 Å². The summed E-state index contributed by atoms with van der Waals surface area (Å²) in [5, 5.41) is 4.42. The van der Waals surface area contributed by atoms with Gasteiger partial charge in [0.2, 0.25) is 5.91 Å². The highest BCUT2D eigenvalue weighted by molar-refractivity contribution is 7.77. The van der Waals surface area contributed by atoms with Crippen LogP contribution < -0.4 is 0 Å². The summed E-state index contributed by atoms with van der Waals surface area (Å²) in [6.45, 7) is 12.2. The first-order valence-corrected chi connectivity index (χ1v) is 21.8. The van der Waals surface area contributed by atoms with Crippen molar-refractivity contribution in [2.24, 2.45) is 5.41 Å². The summed E-state index contributed by atoms with van der Waals surface area (Å²) in [5.74, 6) is -0.768. The molecule has 1 aromatic carbocycles. The maximum Gasteiger partial charge on any atom is 0.326 e. The number of carbonyl (C=O) groups excluding carboxylic acids is 3. The van der Waals surface area contributed by atoms with Crippen molar-refractivity contribution in [2.75, 3.05) is 33.5 Å². The average molecular weight is 816 g/mol. The Labute approximate surface area is 339 Å². The number of Topliss-reactive ketones (excluding diaryl/α,β-unsaturated/α-hetero) is 1. The number of esters is 1. The van der Waals surface area contributed by atoms with E-state index in [4.69, 9.17) is 41.7 Å². The van der Waals surface area contributed by atoms with Gasteiger partial charge in [-0.3, -0.25) is 24.4 Å². The Morgan fingerprint density at radius 3 is 2.75 bits per heavy atom. The van der Waals surface area contributed by atoms with Gasteiger partial charge < -0.3 is 23.5 Å². The third-order valence-corrected chi connectivity index (χ3v) is 15.0. The SMILES string of the molecule is CCn1c(-c2cccnc2[C@H](C)OC)c2c3cc(ccc31)-c1csc(n1)CC1([Si]C1C(=O)[C@H]1OCCO[C@H]1C)C(=O)N1CCC[C@@H](C(=O)OCC(C)(C)C2)N1S. The summed E-state index contributed by atoms with van der Waals surface area (Å²) in [6.07, 6.45) is 2.40. The smallest absolute Gasteiger partial charge is 0.326 e. The normalized spacial score (nSPS) is 27.6. The minimum Gasteiger partial charge on any atom is -0.464 e. The average Bonchev–Trinajstić information content (AvgIpc) is 3.59. The lowest BCUT2D eigenvalue weighted by Crippen LogP contribution is -2.55. The molecule has 296 valence electrons. The monoisotopic (exact) mass is 815 g/mol. The number of rotatable bonds is 6. The molecule has 8 rings (SSSR count). The highest BCUT2D eigenvalue weighted by Crippen LogP contribution is 2.62. The molecule has 12 nitrogen and oxygen atoms in total. The number of hydrogen-bond acceptors (Lipinski definition) is 12. The van der Waals surface area contributed by atoms with Crippen molar-refractivity contribution < 1.29 is 33.3 Å². The molecule has 56 heavy (non-hydrogen) atoms. The molecule has 1 spiro atoms. The van der Waals surface area contributed by atoms with E-state index in [0.29, 0.717) is 45.4 Å². The number of thiazole rings is 1. The van der Waals surface area contributed by atoms with Gasteiger partial charge in [0.15, 0.2) is 5.78 Å². The van der Waals surface area contributed by atoms with E-state index in [9.17, 15) is 14.4 Å². The fraction of sp³-hybridized carbons (Fsp3) is 0.537. The van der Waals surface area contributed by atoms with E-state index < -0.39 is 40.2 Å². The van der Waals surface area contributed by atoms with Crippen LogP contribution in [0.4, 0.5) is 0 Å². The zero-order valence-corrected chi connectivity index (χ0v) is 35.5. The van der Waals surface area contributed by atoms with Crippen molar-refractivity contribution in [3.05, 3.63) is 58.2 Å². The first-order chi connectivity index (χ1) is 26.9. The number of ketones is 1. The molecule has 4 aliphatic rings. The fourth-order valence-corrected chi connectivity index (χ4v) is 11.7. The van der Waals surface area contributed by atoms with Crippen LogP contribution >= 0.6 is 24.2 Å². The first kappa shape index (κ1) is 39.4. The van der Waals surface area contributed by atoms with Crippen LogP contribution in [0.15, 0.2) is 41.9 Å². The van der Waals surface area contributed by atoms with Crippen molar-refractivity contribution in [1.29, 1.82) is 0 Å². The predicted molar refractivity (Wildman–Crippen MR) is 217 cm³/mol. The molecular weight excluding hydrogens is 767 g/mol. The Kier molecular flexibility index (Phi) is 10.8. The van der Waals surface area contributed by atoms with Crippen LogP contribution in [-0.4, -0.2) is 103 Å². The molecule has 0 saturated carbocycles. The van der Waals surface area contributed by atoms with Crippen molar-refractivity contribution in [3.63, 3.8) is 0 Å². The van der Waals surface area contributed by atoms with Gasteiger partial charge >= 0.3 is 5.97 Å². The van der Waals surface area contributed by atoms with Gasteiger partial charge in [0.25, 0.3) is 0 Å². The molecule has 6 atom stereocenters. The van der Waals surface area contributed by atoms with Crippen LogP contribution in [0.1, 0.15) is 69.8 Å². The second-order valence-electron chi connectivity index (χ2n) is 16.1. The topological polar surface area (TPSA) is 125 Å². The minimum absolute atomic E-state index is 0.0304. The largest absolute Gasteiger partial charge is 0.464 e. The van der Waals surface area contributed by atoms with Crippen LogP contribution in [0.25, 0.3) is 33.4 Å². The number of cyclic esters (lactones) is 1. The lowest BCUT2D eigenvalue weighted by atomic mass is 9.84. The Morgan fingerprint density at radius 2 is 1.98 bits per heavy atom. The van der Waals surface area contributed by atoms with Gasteiger partial charge in [-0.15, -0.1) is 11.3 Å². The molecule has 3 aromatic heterocycles. The van der Waals surface area contributed by atoms with Crippen LogP contribution in [0.2, 0.25) is 10.6 Å². The highest BCUT2D eigenvalue weighted by Gasteiger charge is 2.67. The van der Waals surface area contributed by atoms with Crippen LogP contribution in [-0.2, 0) is 52.7 Å². The Morgan fingerprint density at radius 1 is 1.18 bits per heavy atom. The van der Waals surface area contributed by atoms with E-state index in [1.165, 1.54) is 15.8 Å². The van der Waals surface area contributed by atoms with Crippen molar-refractivity contribution >= 4 is 62.2 Å². The summed E-state index contributed by atoms with van der Waals surface area (Å²) < 4.78 is 27.4. The van der Waals surface area contributed by atoms with E-state index in [1.807, 2.05) is 25.3 Å². The molecule has 0 aliphatic carbocycles. The number of nitrogens with zero attached hydrogens (tertiary/aromatic N) is 5. The van der Waals surface area contributed by atoms with Crippen molar-refractivity contribution in [1.82, 2.24) is 24.0 Å². The summed E-state index contributed by atoms with van der Waals surface area (Å²) in [5.41, 5.74) is 5.86. The molecule has 2 radical (unpaired) electrons. The van der Waals surface area contributed by atoms with Gasteiger partial charge in [-0.25, -0.2) is 4.98 Å². The minimum atomic E-state index is -1.03. The molecule has 3 fully saturated rings. The molecule has 7 heterocycles. The Hall–Kier alpha value is -3.44. The van der Waals surface area contributed by atoms with Crippen LogP contribution in [0.3, 0.4) is 0 Å². The summed E-state index contributed by atoms with van der Waals surface area (Å²) in [7, 11) is 1.73. The standard InChI is InChI=1S/C41H49N5O7S2Si/c1-7-44-30-13-12-25-18-27(30)28(34(44)26-10-8-14-42-33(26)23(2)50-6)19-40(4,5)22-53-38(48)31-11-9-15-45(46(31)54)39(49)41(20-32-43-29(25)21-55-32)37(56-41)35(47)36-24(3)51-16-17-52-36/h8,10,12-14,18,21,23-24,31,36-37,54H,7,9,11,15-17,19-20,22H2,1-6H3/t23-,24-,31-,36-,37?,41?/m0/s1. The fourth-order valence-electron chi connectivity index (χ4n) is 8.62. The Balaban J connectivity index is 1.26. The number of aromatic nitrogens is 3. The number of aryl methyl sites for hydroxylation is 1. The van der Waals surface area contributed by atoms with Gasteiger partial charge in [0, 0.05) is 71.2 Å². The molecule has 6 bridgehead atoms. The summed E-state index contributed by atoms with van der Waals surface area (Å²) in [6, 6.07) is 9.78. The zero-order valence-electron chi connectivity index (χ0n) is 32.7. The second-order valence-corrected chi connectivity index (χ2v) is 19.2. The number of pyridine rings is 1. The lowest BCUT2D eigenvalue weighted by molar-refractivity contribution is -0.166. The number of hydrazine groups is 1. The maximum atomic E-state index is 14.8. The highest BCUT2D eigenvalue weighted by atomic mass is 32.1. The van der Waals surface area contributed by atoms with Crippen LogP contribution in [0, 0.1) is 5.41 Å². The number of methoxy groups -OCH3 is 1. The molecular formula is C41H49N5O7S2Si. The van der Waals surface area contributed by atoms with E-state index in [1.54, 1.807) is 18.3 Å². The van der Waals surface area contributed by atoms with E-state index >= 15 is 0 Å². The van der Waals surface area contributed by atoms with Crippen LogP contribution in [0.5, 0.6) is 0 Å². The molecule has 2 unspecified atom stereocenters. The zero-order chi connectivity index (χ0) is 39.5. The maximum absolute atomic E-state index is 14.8. The lowest BCUT2D eigenvalue weighted by Gasteiger charge is -2.41. The summed E-state index contributed by atoms with van der Waals surface area (Å²) in [4.78, 5) is 52.8.